The van der Waals surface area contributed by atoms with Crippen molar-refractivity contribution in [3.63, 3.8) is 0 Å². The molecule has 20 heavy (non-hydrogen) atoms. The summed E-state index contributed by atoms with van der Waals surface area (Å²) < 4.78 is 0. The fraction of sp³-hybridized carbons (Fsp3) is 0.118. The van der Waals surface area contributed by atoms with Crippen LogP contribution in [0.3, 0.4) is 0 Å². The van der Waals surface area contributed by atoms with E-state index in [1.165, 1.54) is 0 Å². The molecule has 0 aliphatic carbocycles. The SMILES string of the molecule is CC(C(=O)c1c[nH]c2cc(Cl)ccc12)c1ccccc1. The van der Waals surface area contributed by atoms with Crippen molar-refractivity contribution < 1.29 is 4.79 Å². The van der Waals surface area contributed by atoms with E-state index in [0.29, 0.717) is 10.6 Å². The standard InChI is InChI=1S/C17H14ClNO/c1-11(12-5-3-2-4-6-12)17(20)15-10-19-16-9-13(18)7-8-14(15)16/h2-11,19H,1H3. The summed E-state index contributed by atoms with van der Waals surface area (Å²) in [7, 11) is 0. The average Bonchev–Trinajstić information content (AvgIpc) is 2.89. The summed E-state index contributed by atoms with van der Waals surface area (Å²) in [5.74, 6) is -0.0457. The molecule has 1 N–H and O–H groups in total. The largest absolute Gasteiger partial charge is 0.360 e. The smallest absolute Gasteiger partial charge is 0.172 e. The summed E-state index contributed by atoms with van der Waals surface area (Å²) in [5, 5.41) is 1.58. The van der Waals surface area contributed by atoms with E-state index in [-0.39, 0.29) is 11.7 Å². The van der Waals surface area contributed by atoms with Gasteiger partial charge in [0.1, 0.15) is 0 Å². The minimum Gasteiger partial charge on any atom is -0.360 e. The number of carbonyl (C=O) groups is 1. The summed E-state index contributed by atoms with van der Waals surface area (Å²) in [4.78, 5) is 15.8. The van der Waals surface area contributed by atoms with Crippen LogP contribution in [0, 0.1) is 0 Å². The first-order valence-corrected chi connectivity index (χ1v) is 6.90. The summed E-state index contributed by atoms with van der Waals surface area (Å²) >= 11 is 5.96. The van der Waals surface area contributed by atoms with Crippen LogP contribution in [-0.2, 0) is 0 Å². The van der Waals surface area contributed by atoms with Gasteiger partial charge >= 0.3 is 0 Å². The zero-order valence-corrected chi connectivity index (χ0v) is 11.8. The highest BCUT2D eigenvalue weighted by Crippen LogP contribution is 2.27. The first-order chi connectivity index (χ1) is 9.66. The van der Waals surface area contributed by atoms with Crippen molar-refractivity contribution in [2.45, 2.75) is 12.8 Å². The van der Waals surface area contributed by atoms with Gasteiger partial charge in [-0.05, 0) is 17.7 Å². The number of aromatic amines is 1. The lowest BCUT2D eigenvalue weighted by Crippen LogP contribution is -2.08. The van der Waals surface area contributed by atoms with Crippen LogP contribution in [0.25, 0.3) is 10.9 Å². The number of H-pyrrole nitrogens is 1. The Hall–Kier alpha value is -2.06. The molecule has 2 aromatic carbocycles. The molecule has 0 spiro atoms. The van der Waals surface area contributed by atoms with Gasteiger partial charge in [-0.1, -0.05) is 54.9 Å². The molecule has 0 radical (unpaired) electrons. The Labute approximate surface area is 122 Å². The van der Waals surface area contributed by atoms with Crippen molar-refractivity contribution in [3.05, 3.63) is 70.9 Å². The van der Waals surface area contributed by atoms with Gasteiger partial charge in [-0.2, -0.15) is 0 Å². The van der Waals surface area contributed by atoms with Crippen molar-refractivity contribution in [2.24, 2.45) is 0 Å². The maximum absolute atomic E-state index is 12.7. The number of hydrogen-bond donors (Lipinski definition) is 1. The van der Waals surface area contributed by atoms with Gasteiger partial charge in [-0.3, -0.25) is 4.79 Å². The van der Waals surface area contributed by atoms with Gasteiger partial charge in [-0.25, -0.2) is 0 Å². The molecule has 2 nitrogen and oxygen atoms in total. The molecule has 0 aliphatic heterocycles. The number of fused-ring (bicyclic) bond motifs is 1. The van der Waals surface area contributed by atoms with Crippen LogP contribution < -0.4 is 0 Å². The molecule has 3 rings (SSSR count). The Morgan fingerprint density at radius 1 is 1.15 bits per heavy atom. The van der Waals surface area contributed by atoms with Crippen LogP contribution in [0.1, 0.15) is 28.8 Å². The fourth-order valence-electron chi connectivity index (χ4n) is 2.43. The Balaban J connectivity index is 2.01. The minimum absolute atomic E-state index is 0.116. The van der Waals surface area contributed by atoms with Crippen LogP contribution in [0.4, 0.5) is 0 Å². The number of carbonyl (C=O) groups excluding carboxylic acids is 1. The van der Waals surface area contributed by atoms with E-state index in [0.717, 1.165) is 16.5 Å². The van der Waals surface area contributed by atoms with Gasteiger partial charge in [0, 0.05) is 33.6 Å². The second-order valence-corrected chi connectivity index (χ2v) is 5.33. The summed E-state index contributed by atoms with van der Waals surface area (Å²) in [6.07, 6.45) is 1.77. The van der Waals surface area contributed by atoms with Gasteiger partial charge in [-0.15, -0.1) is 0 Å². The molecular formula is C17H14ClNO. The Morgan fingerprint density at radius 3 is 2.65 bits per heavy atom. The molecule has 0 saturated heterocycles. The van der Waals surface area contributed by atoms with Crippen LogP contribution in [-0.4, -0.2) is 10.8 Å². The normalized spacial score (nSPS) is 12.5. The molecule has 1 heterocycles. The summed E-state index contributed by atoms with van der Waals surface area (Å²) in [6.45, 7) is 1.94. The molecule has 0 aliphatic rings. The summed E-state index contributed by atoms with van der Waals surface area (Å²) in [5.41, 5.74) is 2.63. The number of halogens is 1. The minimum atomic E-state index is -0.161. The Bertz CT molecular complexity index is 761. The first-order valence-electron chi connectivity index (χ1n) is 6.52. The van der Waals surface area contributed by atoms with Crippen LogP contribution in [0.5, 0.6) is 0 Å². The van der Waals surface area contributed by atoms with Crippen molar-refractivity contribution in [3.8, 4) is 0 Å². The third-order valence-electron chi connectivity index (χ3n) is 3.60. The van der Waals surface area contributed by atoms with E-state index in [2.05, 4.69) is 4.98 Å². The van der Waals surface area contributed by atoms with E-state index < -0.39 is 0 Å². The van der Waals surface area contributed by atoms with Crippen LogP contribution >= 0.6 is 11.6 Å². The summed E-state index contributed by atoms with van der Waals surface area (Å²) in [6, 6.07) is 15.3. The van der Waals surface area contributed by atoms with Crippen molar-refractivity contribution in [2.75, 3.05) is 0 Å². The monoisotopic (exact) mass is 283 g/mol. The van der Waals surface area contributed by atoms with Gasteiger partial charge in [0.2, 0.25) is 0 Å². The number of aromatic nitrogens is 1. The van der Waals surface area contributed by atoms with E-state index in [4.69, 9.17) is 11.6 Å². The van der Waals surface area contributed by atoms with Crippen molar-refractivity contribution in [1.82, 2.24) is 4.98 Å². The van der Waals surface area contributed by atoms with Crippen molar-refractivity contribution in [1.29, 1.82) is 0 Å². The molecule has 100 valence electrons. The fourth-order valence-corrected chi connectivity index (χ4v) is 2.60. The quantitative estimate of drug-likeness (QED) is 0.688. The van der Waals surface area contributed by atoms with E-state index >= 15 is 0 Å². The second kappa shape index (κ2) is 5.14. The molecule has 1 unspecified atom stereocenters. The third kappa shape index (κ3) is 2.23. The highest BCUT2D eigenvalue weighted by molar-refractivity contribution is 6.31. The van der Waals surface area contributed by atoms with Crippen LogP contribution in [0.15, 0.2) is 54.7 Å². The predicted octanol–water partition coefficient (Wildman–Crippen LogP) is 4.81. The average molecular weight is 284 g/mol. The molecule has 1 aromatic heterocycles. The molecule has 3 aromatic rings. The molecule has 3 heteroatoms. The first kappa shape index (κ1) is 12.9. The van der Waals surface area contributed by atoms with E-state index in [1.54, 1.807) is 6.20 Å². The molecule has 0 fully saturated rings. The van der Waals surface area contributed by atoms with E-state index in [9.17, 15) is 4.79 Å². The molecule has 0 saturated carbocycles. The highest BCUT2D eigenvalue weighted by Gasteiger charge is 2.20. The van der Waals surface area contributed by atoms with Gasteiger partial charge in [0.15, 0.2) is 5.78 Å². The lowest BCUT2D eigenvalue weighted by molar-refractivity contribution is 0.0968. The van der Waals surface area contributed by atoms with Crippen molar-refractivity contribution >= 4 is 28.3 Å². The number of benzene rings is 2. The maximum atomic E-state index is 12.7. The molecule has 1 atom stereocenters. The third-order valence-corrected chi connectivity index (χ3v) is 3.84. The molecule has 0 amide bonds. The number of rotatable bonds is 3. The lowest BCUT2D eigenvalue weighted by Gasteiger charge is -2.10. The number of nitrogens with one attached hydrogen (secondary N) is 1. The van der Waals surface area contributed by atoms with Gasteiger partial charge in [0.05, 0.1) is 0 Å². The van der Waals surface area contributed by atoms with Gasteiger partial charge < -0.3 is 4.98 Å². The lowest BCUT2D eigenvalue weighted by atomic mass is 9.92. The van der Waals surface area contributed by atoms with Crippen LogP contribution in [0.2, 0.25) is 5.02 Å². The Kier molecular flexibility index (Phi) is 3.33. The Morgan fingerprint density at radius 2 is 1.90 bits per heavy atom. The zero-order chi connectivity index (χ0) is 14.1. The second-order valence-electron chi connectivity index (χ2n) is 4.89. The number of hydrogen-bond acceptors (Lipinski definition) is 1. The molecule has 0 bridgehead atoms. The molecular weight excluding hydrogens is 270 g/mol. The topological polar surface area (TPSA) is 32.9 Å². The maximum Gasteiger partial charge on any atom is 0.172 e. The number of Topliss-reactive ketones (excluding diaryl/α,β-unsaturated/α-hetero) is 1. The van der Waals surface area contributed by atoms with E-state index in [1.807, 2.05) is 55.5 Å². The zero-order valence-electron chi connectivity index (χ0n) is 11.1. The number of ketones is 1. The predicted molar refractivity (Wildman–Crippen MR) is 82.5 cm³/mol. The highest BCUT2D eigenvalue weighted by atomic mass is 35.5. The van der Waals surface area contributed by atoms with Gasteiger partial charge in [0.25, 0.3) is 0 Å².